The first-order valence-electron chi connectivity index (χ1n) is 6.86. The van der Waals surface area contributed by atoms with Crippen molar-refractivity contribution in [3.8, 4) is 0 Å². The van der Waals surface area contributed by atoms with Crippen molar-refractivity contribution in [2.45, 2.75) is 51.2 Å². The van der Waals surface area contributed by atoms with Crippen LogP contribution in [0.2, 0.25) is 5.02 Å². The van der Waals surface area contributed by atoms with Gasteiger partial charge in [-0.15, -0.1) is 0 Å². The highest BCUT2D eigenvalue weighted by Crippen LogP contribution is 2.32. The van der Waals surface area contributed by atoms with E-state index in [-0.39, 0.29) is 0 Å². The Kier molecular flexibility index (Phi) is 4.66. The minimum absolute atomic E-state index is 0.408. The van der Waals surface area contributed by atoms with Gasteiger partial charge in [-0.3, -0.25) is 4.90 Å². The maximum Gasteiger partial charge on any atom is 0.0406 e. The van der Waals surface area contributed by atoms with Crippen LogP contribution in [0, 0.1) is 0 Å². The average Bonchev–Trinajstić information content (AvgIpc) is 2.38. The summed E-state index contributed by atoms with van der Waals surface area (Å²) in [5, 5.41) is 0.799. The Morgan fingerprint density at radius 1 is 1.33 bits per heavy atom. The van der Waals surface area contributed by atoms with Gasteiger partial charge in [-0.2, -0.15) is 0 Å². The molecule has 0 bridgehead atoms. The second kappa shape index (κ2) is 6.05. The monoisotopic (exact) mass is 266 g/mol. The topological polar surface area (TPSA) is 29.3 Å². The highest BCUT2D eigenvalue weighted by molar-refractivity contribution is 6.30. The molecule has 3 unspecified atom stereocenters. The smallest absolute Gasteiger partial charge is 0.0406 e. The molecule has 18 heavy (non-hydrogen) atoms. The number of halogens is 1. The first-order valence-corrected chi connectivity index (χ1v) is 7.24. The lowest BCUT2D eigenvalue weighted by Crippen LogP contribution is -2.49. The zero-order chi connectivity index (χ0) is 13.1. The van der Waals surface area contributed by atoms with Crippen LogP contribution < -0.4 is 5.73 Å². The lowest BCUT2D eigenvalue weighted by molar-refractivity contribution is 0.0570. The molecule has 1 heterocycles. The summed E-state index contributed by atoms with van der Waals surface area (Å²) in [5.74, 6) is 0. The van der Waals surface area contributed by atoms with Gasteiger partial charge in [-0.25, -0.2) is 0 Å². The Labute approximate surface area is 115 Å². The fraction of sp³-hybridized carbons (Fsp3) is 0.600. The number of hydrogen-bond donors (Lipinski definition) is 1. The summed E-state index contributed by atoms with van der Waals surface area (Å²) >= 11 is 5.95. The van der Waals surface area contributed by atoms with Gasteiger partial charge < -0.3 is 5.73 Å². The van der Waals surface area contributed by atoms with Gasteiger partial charge in [-0.05, 0) is 44.4 Å². The second-order valence-corrected chi connectivity index (χ2v) is 5.78. The van der Waals surface area contributed by atoms with Crippen molar-refractivity contribution >= 4 is 11.6 Å². The van der Waals surface area contributed by atoms with Crippen molar-refractivity contribution < 1.29 is 0 Å². The van der Waals surface area contributed by atoms with E-state index in [1.165, 1.54) is 24.8 Å². The van der Waals surface area contributed by atoms with Crippen LogP contribution in [0.4, 0.5) is 0 Å². The van der Waals surface area contributed by atoms with Crippen LogP contribution in [0.15, 0.2) is 24.3 Å². The maximum absolute atomic E-state index is 5.95. The first kappa shape index (κ1) is 13.9. The molecule has 1 aliphatic heterocycles. The fourth-order valence-electron chi connectivity index (χ4n) is 3.16. The van der Waals surface area contributed by atoms with E-state index < -0.39 is 0 Å². The molecule has 3 atom stereocenters. The second-order valence-electron chi connectivity index (χ2n) is 5.34. The average molecular weight is 267 g/mol. The Bertz CT molecular complexity index is 377. The van der Waals surface area contributed by atoms with Crippen LogP contribution in [0.5, 0.6) is 0 Å². The summed E-state index contributed by atoms with van der Waals surface area (Å²) in [4.78, 5) is 2.58. The minimum atomic E-state index is 0.408. The van der Waals surface area contributed by atoms with Crippen molar-refractivity contribution in [3.63, 3.8) is 0 Å². The number of benzene rings is 1. The van der Waals surface area contributed by atoms with Crippen LogP contribution >= 0.6 is 11.6 Å². The molecule has 1 saturated heterocycles. The normalized spacial score (nSPS) is 27.1. The summed E-state index contributed by atoms with van der Waals surface area (Å²) in [7, 11) is 0. The van der Waals surface area contributed by atoms with Gasteiger partial charge in [0.25, 0.3) is 0 Å². The molecule has 1 fully saturated rings. The van der Waals surface area contributed by atoms with Crippen molar-refractivity contribution in [1.29, 1.82) is 0 Å². The van der Waals surface area contributed by atoms with Gasteiger partial charge in [0.1, 0.15) is 0 Å². The molecular weight excluding hydrogens is 244 g/mol. The van der Waals surface area contributed by atoms with Crippen LogP contribution in [0.1, 0.15) is 44.7 Å². The van der Waals surface area contributed by atoms with E-state index in [0.29, 0.717) is 18.1 Å². The lowest BCUT2D eigenvalue weighted by atomic mass is 9.92. The highest BCUT2D eigenvalue weighted by atomic mass is 35.5. The number of nitrogens with zero attached hydrogens (tertiary/aromatic N) is 1. The Morgan fingerprint density at radius 3 is 2.61 bits per heavy atom. The van der Waals surface area contributed by atoms with E-state index in [1.807, 2.05) is 12.1 Å². The Balaban J connectivity index is 2.19. The molecular formula is C15H23ClN2. The molecule has 0 radical (unpaired) electrons. The molecule has 2 N–H and O–H groups in total. The molecule has 0 aromatic heterocycles. The van der Waals surface area contributed by atoms with E-state index >= 15 is 0 Å². The molecule has 0 saturated carbocycles. The third kappa shape index (κ3) is 2.87. The molecule has 2 rings (SSSR count). The molecule has 1 aliphatic rings. The largest absolute Gasteiger partial charge is 0.329 e. The highest BCUT2D eigenvalue weighted by Gasteiger charge is 2.31. The predicted octanol–water partition coefficient (Wildman–Crippen LogP) is 3.60. The SMILES string of the molecule is CC1CCCC(CN)N1C(C)c1ccc(Cl)cc1. The molecule has 3 heteroatoms. The lowest BCUT2D eigenvalue weighted by Gasteiger charge is -2.44. The van der Waals surface area contributed by atoms with Crippen LogP contribution in [-0.4, -0.2) is 23.5 Å². The van der Waals surface area contributed by atoms with Crippen molar-refractivity contribution in [2.24, 2.45) is 5.73 Å². The Hall–Kier alpha value is -0.570. The maximum atomic E-state index is 5.95. The Morgan fingerprint density at radius 2 is 2.00 bits per heavy atom. The van der Waals surface area contributed by atoms with Crippen molar-refractivity contribution in [3.05, 3.63) is 34.9 Å². The molecule has 0 amide bonds. The van der Waals surface area contributed by atoms with Crippen LogP contribution in [-0.2, 0) is 0 Å². The molecule has 1 aromatic carbocycles. The summed E-state index contributed by atoms with van der Waals surface area (Å²) in [6, 6.07) is 9.73. The number of rotatable bonds is 3. The van der Waals surface area contributed by atoms with Crippen molar-refractivity contribution in [2.75, 3.05) is 6.54 Å². The number of hydrogen-bond acceptors (Lipinski definition) is 2. The van der Waals surface area contributed by atoms with Gasteiger partial charge in [0.05, 0.1) is 0 Å². The third-order valence-corrected chi connectivity index (χ3v) is 4.41. The molecule has 100 valence electrons. The van der Waals surface area contributed by atoms with Gasteiger partial charge in [-0.1, -0.05) is 30.2 Å². The summed E-state index contributed by atoms with van der Waals surface area (Å²) in [5.41, 5.74) is 7.26. The number of likely N-dealkylation sites (tertiary alicyclic amines) is 1. The van der Waals surface area contributed by atoms with Crippen LogP contribution in [0.3, 0.4) is 0 Å². The zero-order valence-corrected chi connectivity index (χ0v) is 12.0. The molecule has 0 spiro atoms. The van der Waals surface area contributed by atoms with E-state index in [4.69, 9.17) is 17.3 Å². The predicted molar refractivity (Wildman–Crippen MR) is 77.9 cm³/mol. The molecule has 2 nitrogen and oxygen atoms in total. The standard InChI is InChI=1S/C15H23ClN2/c1-11-4-3-5-15(10-17)18(11)12(2)13-6-8-14(16)9-7-13/h6-9,11-12,15H,3-5,10,17H2,1-2H3. The zero-order valence-electron chi connectivity index (χ0n) is 11.3. The molecule has 0 aliphatic carbocycles. The van der Waals surface area contributed by atoms with Gasteiger partial charge in [0.2, 0.25) is 0 Å². The number of piperidine rings is 1. The van der Waals surface area contributed by atoms with E-state index in [9.17, 15) is 0 Å². The molecule has 1 aromatic rings. The summed E-state index contributed by atoms with van der Waals surface area (Å²) < 4.78 is 0. The van der Waals surface area contributed by atoms with Crippen LogP contribution in [0.25, 0.3) is 0 Å². The third-order valence-electron chi connectivity index (χ3n) is 4.16. The first-order chi connectivity index (χ1) is 8.63. The minimum Gasteiger partial charge on any atom is -0.329 e. The van der Waals surface area contributed by atoms with E-state index in [2.05, 4.69) is 30.9 Å². The van der Waals surface area contributed by atoms with Gasteiger partial charge >= 0.3 is 0 Å². The van der Waals surface area contributed by atoms with Gasteiger partial charge in [0.15, 0.2) is 0 Å². The summed E-state index contributed by atoms with van der Waals surface area (Å²) in [6.45, 7) is 5.34. The van der Waals surface area contributed by atoms with Crippen molar-refractivity contribution in [1.82, 2.24) is 4.90 Å². The summed E-state index contributed by atoms with van der Waals surface area (Å²) in [6.07, 6.45) is 3.79. The quantitative estimate of drug-likeness (QED) is 0.906. The fourth-order valence-corrected chi connectivity index (χ4v) is 3.28. The van der Waals surface area contributed by atoms with E-state index in [1.54, 1.807) is 0 Å². The number of nitrogens with two attached hydrogens (primary N) is 1. The van der Waals surface area contributed by atoms with Gasteiger partial charge in [0, 0.05) is 29.7 Å². The van der Waals surface area contributed by atoms with E-state index in [0.717, 1.165) is 11.6 Å².